The first-order chi connectivity index (χ1) is 9.76. The maximum Gasteiger partial charge on any atom is 0.161 e. The van der Waals surface area contributed by atoms with Crippen LogP contribution < -0.4 is 5.32 Å². The summed E-state index contributed by atoms with van der Waals surface area (Å²) in [5.41, 5.74) is 2.02. The molecule has 3 nitrogen and oxygen atoms in total. The van der Waals surface area contributed by atoms with Gasteiger partial charge in [-0.05, 0) is 30.7 Å². The molecule has 0 saturated carbocycles. The lowest BCUT2D eigenvalue weighted by Crippen LogP contribution is -2.02. The molecule has 100 valence electrons. The van der Waals surface area contributed by atoms with E-state index in [0.29, 0.717) is 0 Å². The Balaban J connectivity index is 2.10. The number of rotatable bonds is 3. The first-order valence-electron chi connectivity index (χ1n) is 6.85. The summed E-state index contributed by atoms with van der Waals surface area (Å²) in [5, 5.41) is 5.69. The second-order valence-corrected chi connectivity index (χ2v) is 4.81. The molecule has 3 heteroatoms. The van der Waals surface area contributed by atoms with Crippen LogP contribution in [0, 0.1) is 6.92 Å². The topological polar surface area (TPSA) is 37.8 Å². The number of nitrogens with zero attached hydrogens (tertiary/aromatic N) is 2. The number of hydrogen-bond acceptors (Lipinski definition) is 3. The van der Waals surface area contributed by atoms with Gasteiger partial charge in [0.05, 0.1) is 0 Å². The van der Waals surface area contributed by atoms with Gasteiger partial charge in [-0.15, -0.1) is 0 Å². The SMILES string of the molecule is CCNc1cc(C)nc(-c2ccc3ccccc3c2)n1. The third kappa shape index (κ3) is 2.48. The number of aromatic nitrogens is 2. The van der Waals surface area contributed by atoms with Gasteiger partial charge in [-0.2, -0.15) is 0 Å². The smallest absolute Gasteiger partial charge is 0.161 e. The van der Waals surface area contributed by atoms with Crippen molar-refractivity contribution >= 4 is 16.6 Å². The number of fused-ring (bicyclic) bond motifs is 1. The van der Waals surface area contributed by atoms with Crippen molar-refractivity contribution in [2.75, 3.05) is 11.9 Å². The van der Waals surface area contributed by atoms with Gasteiger partial charge in [0.1, 0.15) is 5.82 Å². The van der Waals surface area contributed by atoms with Gasteiger partial charge in [0, 0.05) is 23.9 Å². The van der Waals surface area contributed by atoms with Crippen LogP contribution in [-0.2, 0) is 0 Å². The van der Waals surface area contributed by atoms with Gasteiger partial charge in [-0.3, -0.25) is 0 Å². The number of nitrogens with one attached hydrogen (secondary N) is 1. The lowest BCUT2D eigenvalue weighted by molar-refractivity contribution is 1.08. The Morgan fingerprint density at radius 1 is 0.950 bits per heavy atom. The maximum atomic E-state index is 4.58. The summed E-state index contributed by atoms with van der Waals surface area (Å²) in [6.07, 6.45) is 0. The van der Waals surface area contributed by atoms with E-state index in [1.165, 1.54) is 10.8 Å². The van der Waals surface area contributed by atoms with Crippen molar-refractivity contribution in [3.63, 3.8) is 0 Å². The van der Waals surface area contributed by atoms with Crippen LogP contribution in [0.4, 0.5) is 5.82 Å². The molecule has 0 aliphatic rings. The fraction of sp³-hybridized carbons (Fsp3) is 0.176. The van der Waals surface area contributed by atoms with Gasteiger partial charge in [-0.1, -0.05) is 36.4 Å². The van der Waals surface area contributed by atoms with Crippen LogP contribution in [0.3, 0.4) is 0 Å². The molecule has 0 aliphatic heterocycles. The summed E-state index contributed by atoms with van der Waals surface area (Å²) in [6, 6.07) is 16.6. The van der Waals surface area contributed by atoms with Crippen molar-refractivity contribution in [2.24, 2.45) is 0 Å². The van der Waals surface area contributed by atoms with E-state index in [1.807, 2.05) is 19.1 Å². The zero-order valence-corrected chi connectivity index (χ0v) is 11.7. The number of aryl methyl sites for hydroxylation is 1. The zero-order chi connectivity index (χ0) is 13.9. The molecule has 1 aromatic heterocycles. The summed E-state index contributed by atoms with van der Waals surface area (Å²) in [5.74, 6) is 1.65. The van der Waals surface area contributed by atoms with E-state index in [1.54, 1.807) is 0 Å². The Labute approximate surface area is 118 Å². The molecule has 0 radical (unpaired) electrons. The van der Waals surface area contributed by atoms with Crippen LogP contribution in [0.1, 0.15) is 12.6 Å². The molecule has 1 heterocycles. The second kappa shape index (κ2) is 5.29. The quantitative estimate of drug-likeness (QED) is 0.775. The predicted molar refractivity (Wildman–Crippen MR) is 83.9 cm³/mol. The van der Waals surface area contributed by atoms with E-state index in [2.05, 4.69) is 58.6 Å². The standard InChI is InChI=1S/C17H17N3/c1-3-18-16-10-12(2)19-17(20-16)15-9-8-13-6-4-5-7-14(13)11-15/h4-11H,3H2,1-2H3,(H,18,19,20). The zero-order valence-electron chi connectivity index (χ0n) is 11.7. The normalized spacial score (nSPS) is 10.7. The molecule has 0 atom stereocenters. The van der Waals surface area contributed by atoms with Gasteiger partial charge >= 0.3 is 0 Å². The van der Waals surface area contributed by atoms with Crippen LogP contribution in [0.25, 0.3) is 22.2 Å². The minimum atomic E-state index is 0.770. The highest BCUT2D eigenvalue weighted by Gasteiger charge is 2.05. The minimum absolute atomic E-state index is 0.770. The predicted octanol–water partition coefficient (Wildman–Crippen LogP) is 4.04. The molecule has 0 amide bonds. The molecule has 0 aliphatic carbocycles. The van der Waals surface area contributed by atoms with Gasteiger partial charge < -0.3 is 5.32 Å². The molecule has 20 heavy (non-hydrogen) atoms. The summed E-state index contributed by atoms with van der Waals surface area (Å²) < 4.78 is 0. The highest BCUT2D eigenvalue weighted by Crippen LogP contribution is 2.23. The van der Waals surface area contributed by atoms with E-state index < -0.39 is 0 Å². The third-order valence-corrected chi connectivity index (χ3v) is 3.22. The van der Waals surface area contributed by atoms with E-state index in [0.717, 1.165) is 29.4 Å². The summed E-state index contributed by atoms with van der Waals surface area (Å²) in [7, 11) is 0. The van der Waals surface area contributed by atoms with Crippen LogP contribution in [0.15, 0.2) is 48.5 Å². The summed E-state index contributed by atoms with van der Waals surface area (Å²) >= 11 is 0. The van der Waals surface area contributed by atoms with Gasteiger partial charge in [-0.25, -0.2) is 9.97 Å². The average molecular weight is 263 g/mol. The van der Waals surface area contributed by atoms with Crippen LogP contribution in [0.5, 0.6) is 0 Å². The van der Waals surface area contributed by atoms with Crippen molar-refractivity contribution in [1.29, 1.82) is 0 Å². The summed E-state index contributed by atoms with van der Waals surface area (Å²) in [6.45, 7) is 4.91. The molecule has 0 unspecified atom stereocenters. The van der Waals surface area contributed by atoms with Crippen molar-refractivity contribution in [3.8, 4) is 11.4 Å². The Kier molecular flexibility index (Phi) is 3.33. The summed E-state index contributed by atoms with van der Waals surface area (Å²) in [4.78, 5) is 9.12. The van der Waals surface area contributed by atoms with Gasteiger partial charge in [0.15, 0.2) is 5.82 Å². The average Bonchev–Trinajstić information content (AvgIpc) is 2.46. The Bertz CT molecular complexity index is 750. The monoisotopic (exact) mass is 263 g/mol. The van der Waals surface area contributed by atoms with E-state index >= 15 is 0 Å². The van der Waals surface area contributed by atoms with Gasteiger partial charge in [0.2, 0.25) is 0 Å². The van der Waals surface area contributed by atoms with Crippen molar-refractivity contribution in [3.05, 3.63) is 54.2 Å². The second-order valence-electron chi connectivity index (χ2n) is 4.81. The fourth-order valence-electron chi connectivity index (χ4n) is 2.30. The van der Waals surface area contributed by atoms with E-state index in [4.69, 9.17) is 0 Å². The molecule has 2 aromatic carbocycles. The molecule has 1 N–H and O–H groups in total. The molecule has 3 rings (SSSR count). The maximum absolute atomic E-state index is 4.58. The largest absolute Gasteiger partial charge is 0.370 e. The lowest BCUT2D eigenvalue weighted by atomic mass is 10.1. The lowest BCUT2D eigenvalue weighted by Gasteiger charge is -2.07. The van der Waals surface area contributed by atoms with Crippen molar-refractivity contribution in [1.82, 2.24) is 9.97 Å². The Morgan fingerprint density at radius 2 is 1.75 bits per heavy atom. The van der Waals surface area contributed by atoms with E-state index in [9.17, 15) is 0 Å². The molecule has 0 saturated heterocycles. The highest BCUT2D eigenvalue weighted by molar-refractivity contribution is 5.86. The first-order valence-corrected chi connectivity index (χ1v) is 6.85. The highest BCUT2D eigenvalue weighted by atomic mass is 15.0. The minimum Gasteiger partial charge on any atom is -0.370 e. The third-order valence-electron chi connectivity index (χ3n) is 3.22. The van der Waals surface area contributed by atoms with E-state index in [-0.39, 0.29) is 0 Å². The number of benzene rings is 2. The van der Waals surface area contributed by atoms with Crippen LogP contribution >= 0.6 is 0 Å². The molecule has 0 fully saturated rings. The number of hydrogen-bond donors (Lipinski definition) is 1. The molecule has 0 spiro atoms. The molecule has 3 aromatic rings. The fourth-order valence-corrected chi connectivity index (χ4v) is 2.30. The Hall–Kier alpha value is -2.42. The van der Waals surface area contributed by atoms with Crippen molar-refractivity contribution < 1.29 is 0 Å². The Morgan fingerprint density at radius 3 is 2.55 bits per heavy atom. The van der Waals surface area contributed by atoms with Gasteiger partial charge in [0.25, 0.3) is 0 Å². The first kappa shape index (κ1) is 12.6. The molecule has 0 bridgehead atoms. The van der Waals surface area contributed by atoms with Crippen LogP contribution in [-0.4, -0.2) is 16.5 Å². The van der Waals surface area contributed by atoms with Crippen LogP contribution in [0.2, 0.25) is 0 Å². The molecular formula is C17H17N3. The molecular weight excluding hydrogens is 246 g/mol. The number of anilines is 1. The van der Waals surface area contributed by atoms with Crippen molar-refractivity contribution in [2.45, 2.75) is 13.8 Å².